The van der Waals surface area contributed by atoms with Crippen molar-refractivity contribution in [1.29, 1.82) is 0 Å². The standard InChI is InChI=1S/C25H22ClF2N5O/c1-32-4-6-33(7-5-32)22-12-17(26)11-20-24(22)30-23(31-25(20)34)8-15-2-3-21(29-14-15)16-9-18(27)13-19(28)10-16/h2-3,9-14H,4-8H2,1H3,(H,30,31,34). The predicted molar refractivity (Wildman–Crippen MR) is 129 cm³/mol. The van der Waals surface area contributed by atoms with E-state index in [-0.39, 0.29) is 5.56 Å². The lowest BCUT2D eigenvalue weighted by Gasteiger charge is -2.34. The minimum atomic E-state index is -0.657. The third-order valence-electron chi connectivity index (χ3n) is 6.00. The van der Waals surface area contributed by atoms with Crippen LogP contribution < -0.4 is 10.5 Å². The summed E-state index contributed by atoms with van der Waals surface area (Å²) in [5.41, 5.74) is 2.83. The number of nitrogens with one attached hydrogen (secondary N) is 1. The number of benzene rings is 2. The molecule has 9 heteroatoms. The Morgan fingerprint density at radius 2 is 1.76 bits per heavy atom. The minimum Gasteiger partial charge on any atom is -0.367 e. The first-order valence-corrected chi connectivity index (χ1v) is 11.3. The molecule has 1 aliphatic heterocycles. The number of H-pyrrole nitrogens is 1. The second-order valence-corrected chi connectivity index (χ2v) is 8.95. The molecule has 1 aliphatic rings. The highest BCUT2D eigenvalue weighted by molar-refractivity contribution is 6.31. The number of fused-ring (bicyclic) bond motifs is 1. The molecule has 34 heavy (non-hydrogen) atoms. The van der Waals surface area contributed by atoms with Crippen LogP contribution in [0, 0.1) is 11.6 Å². The van der Waals surface area contributed by atoms with Crippen molar-refractivity contribution in [3.63, 3.8) is 0 Å². The fourth-order valence-electron chi connectivity index (χ4n) is 4.20. The molecule has 5 rings (SSSR count). The Bertz CT molecular complexity index is 1400. The molecule has 4 aromatic rings. The Balaban J connectivity index is 1.46. The van der Waals surface area contributed by atoms with Crippen LogP contribution >= 0.6 is 11.6 Å². The lowest BCUT2D eigenvalue weighted by atomic mass is 10.1. The van der Waals surface area contributed by atoms with Crippen LogP contribution in [-0.2, 0) is 6.42 Å². The van der Waals surface area contributed by atoms with Crippen molar-refractivity contribution in [2.45, 2.75) is 6.42 Å². The number of hydrogen-bond acceptors (Lipinski definition) is 5. The molecule has 0 radical (unpaired) electrons. The maximum atomic E-state index is 13.5. The summed E-state index contributed by atoms with van der Waals surface area (Å²) in [5, 5.41) is 0.946. The van der Waals surface area contributed by atoms with Gasteiger partial charge in [0.1, 0.15) is 23.0 Å². The number of hydrogen-bond donors (Lipinski definition) is 1. The van der Waals surface area contributed by atoms with Crippen LogP contribution in [0.3, 0.4) is 0 Å². The first-order chi connectivity index (χ1) is 16.4. The van der Waals surface area contributed by atoms with Gasteiger partial charge in [-0.15, -0.1) is 0 Å². The van der Waals surface area contributed by atoms with Gasteiger partial charge in [0.2, 0.25) is 0 Å². The smallest absolute Gasteiger partial charge is 0.258 e. The monoisotopic (exact) mass is 481 g/mol. The van der Waals surface area contributed by atoms with Crippen LogP contribution in [0.5, 0.6) is 0 Å². The van der Waals surface area contributed by atoms with Gasteiger partial charge in [0.15, 0.2) is 0 Å². The third-order valence-corrected chi connectivity index (χ3v) is 6.22. The zero-order valence-corrected chi connectivity index (χ0v) is 19.2. The molecule has 174 valence electrons. The summed E-state index contributed by atoms with van der Waals surface area (Å²) in [7, 11) is 2.08. The van der Waals surface area contributed by atoms with E-state index >= 15 is 0 Å². The van der Waals surface area contributed by atoms with Crippen LogP contribution in [0.1, 0.15) is 11.4 Å². The van der Waals surface area contributed by atoms with Crippen molar-refractivity contribution >= 4 is 28.2 Å². The topological polar surface area (TPSA) is 65.1 Å². The Morgan fingerprint density at radius 1 is 1.03 bits per heavy atom. The molecular formula is C25H22ClF2N5O. The number of aromatic amines is 1. The second-order valence-electron chi connectivity index (χ2n) is 8.51. The first-order valence-electron chi connectivity index (χ1n) is 10.9. The Kier molecular flexibility index (Phi) is 6.02. The molecule has 0 bridgehead atoms. The van der Waals surface area contributed by atoms with Gasteiger partial charge in [0.25, 0.3) is 5.56 Å². The van der Waals surface area contributed by atoms with Gasteiger partial charge in [-0.2, -0.15) is 0 Å². The molecule has 3 heterocycles. The fourth-order valence-corrected chi connectivity index (χ4v) is 4.42. The van der Waals surface area contributed by atoms with Crippen LogP contribution in [0.4, 0.5) is 14.5 Å². The lowest BCUT2D eigenvalue weighted by Crippen LogP contribution is -2.44. The van der Waals surface area contributed by atoms with E-state index in [0.29, 0.717) is 39.4 Å². The van der Waals surface area contributed by atoms with Crippen molar-refractivity contribution in [2.75, 3.05) is 38.1 Å². The number of pyridine rings is 1. The Labute approximate surface area is 199 Å². The van der Waals surface area contributed by atoms with Gasteiger partial charge in [0.05, 0.1) is 16.8 Å². The average molecular weight is 482 g/mol. The highest BCUT2D eigenvalue weighted by Crippen LogP contribution is 2.29. The highest BCUT2D eigenvalue weighted by Gasteiger charge is 2.19. The summed E-state index contributed by atoms with van der Waals surface area (Å²) in [6, 6.07) is 10.3. The molecule has 1 saturated heterocycles. The molecule has 0 spiro atoms. The van der Waals surface area contributed by atoms with Crippen LogP contribution in [0.25, 0.3) is 22.2 Å². The average Bonchev–Trinajstić information content (AvgIpc) is 2.80. The van der Waals surface area contributed by atoms with E-state index < -0.39 is 11.6 Å². The number of nitrogens with zero attached hydrogens (tertiary/aromatic N) is 4. The largest absolute Gasteiger partial charge is 0.367 e. The summed E-state index contributed by atoms with van der Waals surface area (Å²) in [6.45, 7) is 3.47. The highest BCUT2D eigenvalue weighted by atomic mass is 35.5. The van der Waals surface area contributed by atoms with E-state index in [1.165, 1.54) is 12.1 Å². The molecule has 0 amide bonds. The molecule has 6 nitrogen and oxygen atoms in total. The van der Waals surface area contributed by atoms with Gasteiger partial charge >= 0.3 is 0 Å². The maximum Gasteiger partial charge on any atom is 0.258 e. The Hall–Kier alpha value is -3.36. The molecule has 1 N–H and O–H groups in total. The van der Waals surface area contributed by atoms with Gasteiger partial charge in [0, 0.05) is 55.4 Å². The molecule has 0 atom stereocenters. The number of rotatable bonds is 4. The minimum absolute atomic E-state index is 0.252. The van der Waals surface area contributed by atoms with Crippen molar-refractivity contribution in [3.05, 3.63) is 87.1 Å². The van der Waals surface area contributed by atoms with E-state index in [1.54, 1.807) is 24.4 Å². The normalized spacial score (nSPS) is 14.6. The molecule has 0 aliphatic carbocycles. The van der Waals surface area contributed by atoms with Crippen LogP contribution in [0.15, 0.2) is 53.5 Å². The molecular weight excluding hydrogens is 460 g/mol. The van der Waals surface area contributed by atoms with Gasteiger partial charge < -0.3 is 14.8 Å². The van der Waals surface area contributed by atoms with Crippen LogP contribution in [0.2, 0.25) is 5.02 Å². The molecule has 0 saturated carbocycles. The van der Waals surface area contributed by atoms with Crippen LogP contribution in [-0.4, -0.2) is 53.1 Å². The molecule has 0 unspecified atom stereocenters. The van der Waals surface area contributed by atoms with E-state index in [0.717, 1.165) is 43.5 Å². The number of anilines is 1. The summed E-state index contributed by atoms with van der Waals surface area (Å²) in [4.78, 5) is 29.3. The zero-order valence-electron chi connectivity index (χ0n) is 18.5. The maximum absolute atomic E-state index is 13.5. The van der Waals surface area contributed by atoms with Gasteiger partial charge in [-0.1, -0.05) is 17.7 Å². The number of halogens is 3. The zero-order chi connectivity index (χ0) is 23.8. The quantitative estimate of drug-likeness (QED) is 0.472. The summed E-state index contributed by atoms with van der Waals surface area (Å²) >= 11 is 6.33. The number of aromatic nitrogens is 3. The van der Waals surface area contributed by atoms with Gasteiger partial charge in [-0.25, -0.2) is 13.8 Å². The third kappa shape index (κ3) is 4.64. The summed E-state index contributed by atoms with van der Waals surface area (Å²) in [5.74, 6) is -0.813. The summed E-state index contributed by atoms with van der Waals surface area (Å²) in [6.07, 6.45) is 1.96. The molecule has 1 fully saturated rings. The Morgan fingerprint density at radius 3 is 2.44 bits per heavy atom. The van der Waals surface area contributed by atoms with Crippen molar-refractivity contribution in [2.24, 2.45) is 0 Å². The SMILES string of the molecule is CN1CCN(c2cc(Cl)cc3c(=O)[nH]c(Cc4ccc(-c5cc(F)cc(F)c5)nc4)nc23)CC1. The van der Waals surface area contributed by atoms with Crippen molar-refractivity contribution < 1.29 is 8.78 Å². The molecule has 2 aromatic carbocycles. The van der Waals surface area contributed by atoms with E-state index in [4.69, 9.17) is 16.6 Å². The number of likely N-dealkylation sites (N-methyl/N-ethyl adjacent to an activating group) is 1. The summed E-state index contributed by atoms with van der Waals surface area (Å²) < 4.78 is 27.1. The van der Waals surface area contributed by atoms with E-state index in [1.807, 2.05) is 6.07 Å². The lowest BCUT2D eigenvalue weighted by molar-refractivity contribution is 0.313. The second kappa shape index (κ2) is 9.12. The van der Waals surface area contributed by atoms with E-state index in [2.05, 4.69) is 26.8 Å². The molecule has 2 aromatic heterocycles. The number of piperazine rings is 1. The van der Waals surface area contributed by atoms with Crippen molar-refractivity contribution in [3.8, 4) is 11.3 Å². The van der Waals surface area contributed by atoms with Gasteiger partial charge in [-0.05, 0) is 42.9 Å². The fraction of sp³-hybridized carbons (Fsp3) is 0.240. The predicted octanol–water partition coefficient (Wildman–Crippen LogP) is 4.26. The van der Waals surface area contributed by atoms with E-state index in [9.17, 15) is 13.6 Å². The van der Waals surface area contributed by atoms with Gasteiger partial charge in [-0.3, -0.25) is 9.78 Å². The van der Waals surface area contributed by atoms with Crippen molar-refractivity contribution in [1.82, 2.24) is 19.9 Å². The first kappa shape index (κ1) is 22.4.